The summed E-state index contributed by atoms with van der Waals surface area (Å²) in [7, 11) is 0. The standard InChI is InChI=1S/C17H19N3O3/c1-11-5-6-15-13(8-11)4-3-7-19(15)16(21)14-9-18-20(10-14)12(2)17(22)23/h5-6,8-10,12H,3-4,7H2,1-2H3,(H,22,23). The molecule has 0 aliphatic carbocycles. The number of aliphatic carboxylic acids is 1. The lowest BCUT2D eigenvalue weighted by Gasteiger charge is -2.29. The highest BCUT2D eigenvalue weighted by atomic mass is 16.4. The minimum atomic E-state index is -0.981. The Kier molecular flexibility index (Phi) is 3.90. The fourth-order valence-electron chi connectivity index (χ4n) is 2.87. The number of aryl methyl sites for hydroxylation is 2. The van der Waals surface area contributed by atoms with Crippen molar-refractivity contribution in [1.29, 1.82) is 0 Å². The third-order valence-corrected chi connectivity index (χ3v) is 4.20. The molecule has 1 amide bonds. The quantitative estimate of drug-likeness (QED) is 0.944. The van der Waals surface area contributed by atoms with E-state index in [1.54, 1.807) is 4.90 Å². The maximum Gasteiger partial charge on any atom is 0.328 e. The van der Waals surface area contributed by atoms with Gasteiger partial charge in [0.25, 0.3) is 5.91 Å². The average Bonchev–Trinajstić information content (AvgIpc) is 3.02. The second kappa shape index (κ2) is 5.87. The molecule has 0 fully saturated rings. The van der Waals surface area contributed by atoms with Crippen LogP contribution in [0.25, 0.3) is 0 Å². The largest absolute Gasteiger partial charge is 0.480 e. The van der Waals surface area contributed by atoms with Gasteiger partial charge in [0.15, 0.2) is 0 Å². The Morgan fingerprint density at radius 2 is 2.13 bits per heavy atom. The lowest BCUT2D eigenvalue weighted by Crippen LogP contribution is -2.35. The van der Waals surface area contributed by atoms with Crippen molar-refractivity contribution in [2.45, 2.75) is 32.7 Å². The number of anilines is 1. The fourth-order valence-corrected chi connectivity index (χ4v) is 2.87. The first kappa shape index (κ1) is 15.3. The number of carbonyl (C=O) groups is 2. The van der Waals surface area contributed by atoms with Crippen LogP contribution < -0.4 is 4.90 Å². The molecule has 0 bridgehead atoms. The van der Waals surface area contributed by atoms with Gasteiger partial charge in [-0.3, -0.25) is 9.48 Å². The Hall–Kier alpha value is -2.63. The topological polar surface area (TPSA) is 75.4 Å². The minimum Gasteiger partial charge on any atom is -0.480 e. The van der Waals surface area contributed by atoms with Gasteiger partial charge in [-0.05, 0) is 38.3 Å². The molecule has 0 radical (unpaired) electrons. The molecule has 1 aromatic heterocycles. The number of nitrogens with zero attached hydrogens (tertiary/aromatic N) is 3. The molecule has 2 heterocycles. The molecule has 0 saturated heterocycles. The molecule has 0 spiro atoms. The molecule has 1 aromatic carbocycles. The van der Waals surface area contributed by atoms with Gasteiger partial charge in [-0.25, -0.2) is 4.79 Å². The second-order valence-corrected chi connectivity index (χ2v) is 5.92. The van der Waals surface area contributed by atoms with Crippen molar-refractivity contribution >= 4 is 17.6 Å². The zero-order valence-corrected chi connectivity index (χ0v) is 13.2. The SMILES string of the molecule is Cc1ccc2c(c1)CCCN2C(=O)c1cnn(C(C)C(=O)O)c1. The molecule has 6 nitrogen and oxygen atoms in total. The Bertz CT molecular complexity index is 766. The number of carboxylic acid groups (broad SMARTS) is 1. The van der Waals surface area contributed by atoms with Crippen LogP contribution in [0.15, 0.2) is 30.6 Å². The van der Waals surface area contributed by atoms with Gasteiger partial charge in [0, 0.05) is 18.4 Å². The van der Waals surface area contributed by atoms with Gasteiger partial charge in [-0.1, -0.05) is 17.7 Å². The highest BCUT2D eigenvalue weighted by molar-refractivity contribution is 6.06. The van der Waals surface area contributed by atoms with Crippen molar-refractivity contribution in [3.63, 3.8) is 0 Å². The van der Waals surface area contributed by atoms with E-state index in [1.165, 1.54) is 35.1 Å². The summed E-state index contributed by atoms with van der Waals surface area (Å²) < 4.78 is 1.30. The first-order valence-electron chi connectivity index (χ1n) is 7.65. The van der Waals surface area contributed by atoms with Gasteiger partial charge in [-0.15, -0.1) is 0 Å². The molecule has 1 aliphatic rings. The van der Waals surface area contributed by atoms with Crippen molar-refractivity contribution in [3.8, 4) is 0 Å². The Morgan fingerprint density at radius 1 is 1.35 bits per heavy atom. The minimum absolute atomic E-state index is 0.140. The first-order chi connectivity index (χ1) is 11.0. The van der Waals surface area contributed by atoms with E-state index in [4.69, 9.17) is 5.11 Å². The van der Waals surface area contributed by atoms with Crippen LogP contribution in [0.4, 0.5) is 5.69 Å². The van der Waals surface area contributed by atoms with Crippen molar-refractivity contribution in [2.24, 2.45) is 0 Å². The summed E-state index contributed by atoms with van der Waals surface area (Å²) in [6.07, 6.45) is 4.83. The number of aromatic nitrogens is 2. The number of hydrogen-bond donors (Lipinski definition) is 1. The number of fused-ring (bicyclic) bond motifs is 1. The molecule has 1 unspecified atom stereocenters. The van der Waals surface area contributed by atoms with Crippen LogP contribution in [0.3, 0.4) is 0 Å². The molecule has 1 N–H and O–H groups in total. The Labute approximate surface area is 134 Å². The molecule has 120 valence electrons. The Balaban J connectivity index is 1.89. The number of rotatable bonds is 3. The summed E-state index contributed by atoms with van der Waals surface area (Å²) in [5, 5.41) is 13.0. The summed E-state index contributed by atoms with van der Waals surface area (Å²) in [5.74, 6) is -1.12. The van der Waals surface area contributed by atoms with E-state index in [0.717, 1.165) is 18.5 Å². The lowest BCUT2D eigenvalue weighted by molar-refractivity contribution is -0.140. The maximum atomic E-state index is 12.8. The molecule has 6 heteroatoms. The maximum absolute atomic E-state index is 12.8. The molecular weight excluding hydrogens is 294 g/mol. The molecule has 1 atom stereocenters. The van der Waals surface area contributed by atoms with E-state index in [2.05, 4.69) is 11.2 Å². The molecule has 1 aliphatic heterocycles. The van der Waals surface area contributed by atoms with E-state index < -0.39 is 12.0 Å². The van der Waals surface area contributed by atoms with Gasteiger partial charge in [0.1, 0.15) is 6.04 Å². The summed E-state index contributed by atoms with van der Waals surface area (Å²) in [6, 6.07) is 5.30. The number of carboxylic acids is 1. The first-order valence-corrected chi connectivity index (χ1v) is 7.65. The molecule has 3 rings (SSSR count). The zero-order chi connectivity index (χ0) is 16.6. The Morgan fingerprint density at radius 3 is 2.87 bits per heavy atom. The van der Waals surface area contributed by atoms with Crippen LogP contribution >= 0.6 is 0 Å². The van der Waals surface area contributed by atoms with Gasteiger partial charge < -0.3 is 10.0 Å². The highest BCUT2D eigenvalue weighted by Gasteiger charge is 2.25. The van der Waals surface area contributed by atoms with Gasteiger partial charge in [-0.2, -0.15) is 5.10 Å². The van der Waals surface area contributed by atoms with Crippen LogP contribution in [0, 0.1) is 6.92 Å². The average molecular weight is 313 g/mol. The summed E-state index contributed by atoms with van der Waals surface area (Å²) >= 11 is 0. The van der Waals surface area contributed by atoms with E-state index in [-0.39, 0.29) is 5.91 Å². The molecule has 0 saturated carbocycles. The van der Waals surface area contributed by atoms with Crippen molar-refractivity contribution in [3.05, 3.63) is 47.3 Å². The predicted molar refractivity (Wildman–Crippen MR) is 85.8 cm³/mol. The third-order valence-electron chi connectivity index (χ3n) is 4.20. The normalized spacial score (nSPS) is 15.1. The fraction of sp³-hybridized carbons (Fsp3) is 0.353. The number of carbonyl (C=O) groups excluding carboxylic acids is 1. The van der Waals surface area contributed by atoms with E-state index in [0.29, 0.717) is 12.1 Å². The summed E-state index contributed by atoms with van der Waals surface area (Å²) in [5.41, 5.74) is 3.70. The van der Waals surface area contributed by atoms with Gasteiger partial charge in [0.2, 0.25) is 0 Å². The van der Waals surface area contributed by atoms with Crippen LogP contribution in [0.5, 0.6) is 0 Å². The second-order valence-electron chi connectivity index (χ2n) is 5.92. The van der Waals surface area contributed by atoms with Gasteiger partial charge >= 0.3 is 5.97 Å². The van der Waals surface area contributed by atoms with Crippen molar-refractivity contribution in [1.82, 2.24) is 9.78 Å². The highest BCUT2D eigenvalue weighted by Crippen LogP contribution is 2.29. The van der Waals surface area contributed by atoms with Crippen molar-refractivity contribution < 1.29 is 14.7 Å². The smallest absolute Gasteiger partial charge is 0.328 e. The van der Waals surface area contributed by atoms with Crippen LogP contribution in [-0.4, -0.2) is 33.3 Å². The molecular formula is C17H19N3O3. The monoisotopic (exact) mass is 313 g/mol. The molecule has 2 aromatic rings. The van der Waals surface area contributed by atoms with E-state index in [9.17, 15) is 9.59 Å². The summed E-state index contributed by atoms with van der Waals surface area (Å²) in [6.45, 7) is 4.23. The van der Waals surface area contributed by atoms with Crippen molar-refractivity contribution in [2.75, 3.05) is 11.4 Å². The third kappa shape index (κ3) is 2.84. The van der Waals surface area contributed by atoms with E-state index in [1.807, 2.05) is 19.1 Å². The van der Waals surface area contributed by atoms with Crippen LogP contribution in [0.1, 0.15) is 40.9 Å². The van der Waals surface area contributed by atoms with E-state index >= 15 is 0 Å². The lowest BCUT2D eigenvalue weighted by atomic mass is 9.99. The van der Waals surface area contributed by atoms with Crippen LogP contribution in [0.2, 0.25) is 0 Å². The zero-order valence-electron chi connectivity index (χ0n) is 13.2. The number of amides is 1. The summed E-state index contributed by atoms with van der Waals surface area (Å²) in [4.78, 5) is 25.6. The number of benzene rings is 1. The van der Waals surface area contributed by atoms with Crippen LogP contribution in [-0.2, 0) is 11.2 Å². The molecule has 23 heavy (non-hydrogen) atoms. The van der Waals surface area contributed by atoms with Gasteiger partial charge in [0.05, 0.1) is 11.8 Å². The number of hydrogen-bond acceptors (Lipinski definition) is 3. The predicted octanol–water partition coefficient (Wildman–Crippen LogP) is 2.43.